The van der Waals surface area contributed by atoms with Crippen LogP contribution in [0.4, 0.5) is 11.6 Å². The van der Waals surface area contributed by atoms with Crippen LogP contribution in [0.5, 0.6) is 11.5 Å². The maximum absolute atomic E-state index is 12.8. The number of oxazole rings is 1. The Bertz CT molecular complexity index is 1090. The summed E-state index contributed by atoms with van der Waals surface area (Å²) in [5.74, 6) is 2.07. The molecule has 0 atom stereocenters. The Balaban J connectivity index is 1.42. The van der Waals surface area contributed by atoms with Gasteiger partial charge in [0.05, 0.1) is 26.2 Å². The summed E-state index contributed by atoms with van der Waals surface area (Å²) in [6, 6.07) is 10.8. The molecule has 9 heteroatoms. The lowest BCUT2D eigenvalue weighted by Gasteiger charge is -2.31. The molecule has 1 aliphatic heterocycles. The van der Waals surface area contributed by atoms with Gasteiger partial charge in [0.15, 0.2) is 5.76 Å². The van der Waals surface area contributed by atoms with Gasteiger partial charge in [-0.1, -0.05) is 0 Å². The molecule has 0 spiro atoms. The average molecular weight is 422 g/mol. The van der Waals surface area contributed by atoms with Gasteiger partial charge in [-0.2, -0.15) is 10.2 Å². The molecule has 3 heterocycles. The minimum Gasteiger partial charge on any atom is -0.497 e. The van der Waals surface area contributed by atoms with E-state index in [0.717, 1.165) is 0 Å². The first-order valence-corrected chi connectivity index (χ1v) is 9.85. The summed E-state index contributed by atoms with van der Waals surface area (Å²) in [7, 11) is 3.12. The van der Waals surface area contributed by atoms with Gasteiger partial charge in [-0.3, -0.25) is 4.79 Å². The number of furan rings is 1. The Labute approximate surface area is 179 Å². The van der Waals surface area contributed by atoms with Crippen molar-refractivity contribution in [3.05, 3.63) is 42.3 Å². The number of ether oxygens (including phenoxy) is 2. The summed E-state index contributed by atoms with van der Waals surface area (Å²) >= 11 is 0. The van der Waals surface area contributed by atoms with Gasteiger partial charge in [-0.15, -0.1) is 0 Å². The Morgan fingerprint density at radius 1 is 1.26 bits per heavy atom. The third-order valence-electron chi connectivity index (χ3n) is 5.26. The largest absolute Gasteiger partial charge is 0.497 e. The van der Waals surface area contributed by atoms with Crippen molar-refractivity contribution in [2.24, 2.45) is 5.92 Å². The molecule has 1 aromatic carbocycles. The van der Waals surface area contributed by atoms with Crippen LogP contribution in [-0.2, 0) is 4.79 Å². The first-order valence-electron chi connectivity index (χ1n) is 9.85. The second-order valence-corrected chi connectivity index (χ2v) is 7.08. The molecule has 0 aliphatic carbocycles. The minimum absolute atomic E-state index is 0.0828. The lowest BCUT2D eigenvalue weighted by Crippen LogP contribution is -2.38. The molecule has 0 saturated carbocycles. The van der Waals surface area contributed by atoms with Crippen molar-refractivity contribution >= 4 is 17.5 Å². The predicted molar refractivity (Wildman–Crippen MR) is 112 cm³/mol. The van der Waals surface area contributed by atoms with E-state index in [4.69, 9.17) is 18.3 Å². The van der Waals surface area contributed by atoms with Gasteiger partial charge in [0.25, 0.3) is 5.89 Å². The number of carbonyl (C=O) groups excluding carboxylic acids is 1. The van der Waals surface area contributed by atoms with Crippen molar-refractivity contribution in [2.45, 2.75) is 12.8 Å². The molecule has 1 aliphatic rings. The van der Waals surface area contributed by atoms with Gasteiger partial charge in [0.1, 0.15) is 17.6 Å². The predicted octanol–water partition coefficient (Wildman–Crippen LogP) is 3.68. The van der Waals surface area contributed by atoms with E-state index in [1.807, 2.05) is 4.90 Å². The highest BCUT2D eigenvalue weighted by atomic mass is 16.5. The molecule has 3 aromatic rings. The van der Waals surface area contributed by atoms with Crippen LogP contribution in [0.2, 0.25) is 0 Å². The van der Waals surface area contributed by atoms with E-state index < -0.39 is 0 Å². The number of anilines is 2. The van der Waals surface area contributed by atoms with Crippen LogP contribution in [0, 0.1) is 17.2 Å². The Hall–Kier alpha value is -3.93. The molecule has 1 N–H and O–H groups in total. The van der Waals surface area contributed by atoms with Crippen LogP contribution in [0.15, 0.2) is 45.4 Å². The number of hydrogen-bond donors (Lipinski definition) is 1. The molecule has 160 valence electrons. The van der Waals surface area contributed by atoms with Crippen LogP contribution in [0.3, 0.4) is 0 Å². The van der Waals surface area contributed by atoms with E-state index in [-0.39, 0.29) is 23.4 Å². The summed E-state index contributed by atoms with van der Waals surface area (Å²) in [5.41, 5.74) is 0.773. The Kier molecular flexibility index (Phi) is 5.80. The van der Waals surface area contributed by atoms with Gasteiger partial charge >= 0.3 is 0 Å². The zero-order valence-corrected chi connectivity index (χ0v) is 17.3. The maximum Gasteiger partial charge on any atom is 0.266 e. The molecule has 0 unspecified atom stereocenters. The van der Waals surface area contributed by atoms with E-state index in [0.29, 0.717) is 54.8 Å². The van der Waals surface area contributed by atoms with Crippen molar-refractivity contribution in [3.8, 4) is 29.2 Å². The van der Waals surface area contributed by atoms with Crippen LogP contribution in [0.1, 0.15) is 18.5 Å². The number of piperidine rings is 1. The number of amides is 1. The summed E-state index contributed by atoms with van der Waals surface area (Å²) in [6.07, 6.45) is 2.74. The fourth-order valence-electron chi connectivity index (χ4n) is 3.60. The quantitative estimate of drug-likeness (QED) is 0.640. The summed E-state index contributed by atoms with van der Waals surface area (Å²) < 4.78 is 21.7. The van der Waals surface area contributed by atoms with Crippen molar-refractivity contribution in [2.75, 3.05) is 37.5 Å². The number of nitriles is 1. The smallest absolute Gasteiger partial charge is 0.266 e. The van der Waals surface area contributed by atoms with Crippen molar-refractivity contribution in [3.63, 3.8) is 0 Å². The highest BCUT2D eigenvalue weighted by Gasteiger charge is 2.29. The van der Waals surface area contributed by atoms with E-state index >= 15 is 0 Å². The monoisotopic (exact) mass is 422 g/mol. The van der Waals surface area contributed by atoms with E-state index in [1.165, 1.54) is 6.26 Å². The summed E-state index contributed by atoms with van der Waals surface area (Å²) in [4.78, 5) is 19.0. The zero-order chi connectivity index (χ0) is 21.8. The molecular formula is C22H22N4O5. The number of nitrogens with one attached hydrogen (secondary N) is 1. The Morgan fingerprint density at radius 3 is 2.71 bits per heavy atom. The Morgan fingerprint density at radius 2 is 2.06 bits per heavy atom. The molecule has 9 nitrogen and oxygen atoms in total. The summed E-state index contributed by atoms with van der Waals surface area (Å²) in [5, 5.41) is 12.4. The van der Waals surface area contributed by atoms with Crippen LogP contribution in [0.25, 0.3) is 11.7 Å². The highest BCUT2D eigenvalue weighted by molar-refractivity contribution is 5.94. The van der Waals surface area contributed by atoms with E-state index in [9.17, 15) is 10.1 Å². The van der Waals surface area contributed by atoms with E-state index in [1.54, 1.807) is 44.6 Å². The van der Waals surface area contributed by atoms with Crippen molar-refractivity contribution in [1.82, 2.24) is 4.98 Å². The molecule has 1 saturated heterocycles. The minimum atomic E-state index is -0.176. The SMILES string of the molecule is COc1ccc(OC)c(NC(=O)C2CCN(c3oc(-c4ccco4)nc3C#N)CC2)c1. The molecule has 4 rings (SSSR count). The molecule has 0 bridgehead atoms. The van der Waals surface area contributed by atoms with Gasteiger partial charge in [0.2, 0.25) is 17.5 Å². The van der Waals surface area contributed by atoms with Crippen LogP contribution >= 0.6 is 0 Å². The number of benzene rings is 1. The first-order chi connectivity index (χ1) is 15.1. The van der Waals surface area contributed by atoms with Gasteiger partial charge in [0, 0.05) is 25.1 Å². The fourth-order valence-corrected chi connectivity index (χ4v) is 3.60. The normalized spacial score (nSPS) is 14.2. The first kappa shape index (κ1) is 20.3. The number of hydrogen-bond acceptors (Lipinski definition) is 8. The third kappa shape index (κ3) is 4.19. The molecule has 0 radical (unpaired) electrons. The van der Waals surface area contributed by atoms with Gasteiger partial charge in [-0.05, 0) is 37.1 Å². The number of carbonyl (C=O) groups is 1. The highest BCUT2D eigenvalue weighted by Crippen LogP contribution is 2.33. The molecule has 1 fully saturated rings. The molecule has 2 aromatic heterocycles. The zero-order valence-electron chi connectivity index (χ0n) is 17.3. The molecule has 1 amide bonds. The number of nitrogens with zero attached hydrogens (tertiary/aromatic N) is 3. The number of rotatable bonds is 6. The van der Waals surface area contributed by atoms with Crippen molar-refractivity contribution < 1.29 is 23.1 Å². The molecule has 31 heavy (non-hydrogen) atoms. The maximum atomic E-state index is 12.8. The van der Waals surface area contributed by atoms with Crippen LogP contribution in [-0.4, -0.2) is 38.2 Å². The second kappa shape index (κ2) is 8.83. The second-order valence-electron chi connectivity index (χ2n) is 7.08. The van der Waals surface area contributed by atoms with Crippen molar-refractivity contribution in [1.29, 1.82) is 5.26 Å². The third-order valence-corrected chi connectivity index (χ3v) is 5.26. The topological polar surface area (TPSA) is 114 Å². The standard InChI is InChI=1S/C22H22N4O5/c1-28-15-5-6-18(29-2)16(12-15)24-20(27)14-7-9-26(10-8-14)22-17(13-23)25-21(31-22)19-4-3-11-30-19/h3-6,11-12,14H,7-10H2,1-2H3,(H,24,27). The lowest BCUT2D eigenvalue weighted by atomic mass is 9.95. The van der Waals surface area contributed by atoms with Gasteiger partial charge < -0.3 is 28.5 Å². The van der Waals surface area contributed by atoms with E-state index in [2.05, 4.69) is 16.4 Å². The molecular weight excluding hydrogens is 400 g/mol. The number of aromatic nitrogens is 1. The van der Waals surface area contributed by atoms with Crippen LogP contribution < -0.4 is 19.7 Å². The summed E-state index contributed by atoms with van der Waals surface area (Å²) in [6.45, 7) is 1.13. The number of methoxy groups -OCH3 is 2. The van der Waals surface area contributed by atoms with Gasteiger partial charge in [-0.25, -0.2) is 0 Å². The average Bonchev–Trinajstić information content (AvgIpc) is 3.49. The lowest BCUT2D eigenvalue weighted by molar-refractivity contribution is -0.120. The fraction of sp³-hybridized carbons (Fsp3) is 0.318.